The Labute approximate surface area is 120 Å². The third-order valence-electron chi connectivity index (χ3n) is 3.06. The minimum absolute atomic E-state index is 0.0181. The molecule has 0 aliphatic carbocycles. The monoisotopic (exact) mass is 283 g/mol. The van der Waals surface area contributed by atoms with E-state index < -0.39 is 0 Å². The Morgan fingerprint density at radius 3 is 3.05 bits per heavy atom. The molecule has 0 radical (unpaired) electrons. The van der Waals surface area contributed by atoms with Crippen LogP contribution in [0.5, 0.6) is 0 Å². The van der Waals surface area contributed by atoms with Crippen LogP contribution in [0.2, 0.25) is 0 Å². The SMILES string of the molecule is CCc1c(C=Cc2cccnc2)nc2sccn2c1=O. The average molecular weight is 283 g/mol. The first kappa shape index (κ1) is 12.7. The molecule has 3 aromatic rings. The third kappa shape index (κ3) is 2.28. The van der Waals surface area contributed by atoms with Crippen molar-refractivity contribution in [1.82, 2.24) is 14.4 Å². The van der Waals surface area contributed by atoms with Crippen LogP contribution in [0, 0.1) is 0 Å². The maximum atomic E-state index is 12.3. The molecule has 0 bridgehead atoms. The summed E-state index contributed by atoms with van der Waals surface area (Å²) in [4.78, 5) is 21.7. The third-order valence-corrected chi connectivity index (χ3v) is 3.82. The summed E-state index contributed by atoms with van der Waals surface area (Å²) in [7, 11) is 0. The van der Waals surface area contributed by atoms with Crippen LogP contribution >= 0.6 is 11.3 Å². The number of rotatable bonds is 3. The fourth-order valence-corrected chi connectivity index (χ4v) is 2.77. The van der Waals surface area contributed by atoms with Crippen molar-refractivity contribution in [2.45, 2.75) is 13.3 Å². The molecule has 3 aromatic heterocycles. The second-order valence-electron chi connectivity index (χ2n) is 4.31. The van der Waals surface area contributed by atoms with Crippen molar-refractivity contribution in [2.75, 3.05) is 0 Å². The van der Waals surface area contributed by atoms with E-state index in [9.17, 15) is 4.79 Å². The number of hydrogen-bond donors (Lipinski definition) is 0. The molecule has 0 aliphatic heterocycles. The summed E-state index contributed by atoms with van der Waals surface area (Å²) in [5.41, 5.74) is 2.48. The van der Waals surface area contributed by atoms with Crippen molar-refractivity contribution in [1.29, 1.82) is 0 Å². The zero-order valence-electron chi connectivity index (χ0n) is 11.0. The fraction of sp³-hybridized carbons (Fsp3) is 0.133. The van der Waals surface area contributed by atoms with Crippen molar-refractivity contribution in [3.63, 3.8) is 0 Å². The zero-order chi connectivity index (χ0) is 13.9. The Balaban J connectivity index is 2.11. The largest absolute Gasteiger partial charge is 0.269 e. The first-order valence-electron chi connectivity index (χ1n) is 6.36. The molecule has 0 unspecified atom stereocenters. The topological polar surface area (TPSA) is 47.3 Å². The summed E-state index contributed by atoms with van der Waals surface area (Å²) < 4.78 is 1.60. The lowest BCUT2D eigenvalue weighted by Crippen LogP contribution is -2.19. The van der Waals surface area contributed by atoms with Crippen LogP contribution in [-0.2, 0) is 6.42 Å². The Morgan fingerprint density at radius 2 is 2.30 bits per heavy atom. The van der Waals surface area contributed by atoms with Gasteiger partial charge in [-0.3, -0.25) is 14.2 Å². The standard InChI is InChI=1S/C15H13N3OS/c1-2-12-13(6-5-11-4-3-7-16-10-11)17-15-18(14(12)19)8-9-20-15/h3-10H,2H2,1H3. The molecule has 0 amide bonds. The van der Waals surface area contributed by atoms with Gasteiger partial charge in [-0.25, -0.2) is 4.98 Å². The van der Waals surface area contributed by atoms with E-state index in [4.69, 9.17) is 0 Å². The molecular formula is C15H13N3OS. The molecule has 0 aliphatic rings. The fourth-order valence-electron chi connectivity index (χ4n) is 2.05. The molecule has 5 heteroatoms. The Morgan fingerprint density at radius 1 is 1.40 bits per heavy atom. The maximum Gasteiger partial charge on any atom is 0.262 e. The molecule has 0 fully saturated rings. The summed E-state index contributed by atoms with van der Waals surface area (Å²) in [5.74, 6) is 0. The van der Waals surface area contributed by atoms with Crippen LogP contribution in [0.1, 0.15) is 23.7 Å². The zero-order valence-corrected chi connectivity index (χ0v) is 11.8. The van der Waals surface area contributed by atoms with E-state index in [1.165, 1.54) is 11.3 Å². The molecule has 20 heavy (non-hydrogen) atoms. The van der Waals surface area contributed by atoms with Crippen molar-refractivity contribution in [2.24, 2.45) is 0 Å². The van der Waals surface area contributed by atoms with E-state index in [1.807, 2.05) is 36.6 Å². The second-order valence-corrected chi connectivity index (χ2v) is 5.18. The highest BCUT2D eigenvalue weighted by Crippen LogP contribution is 2.13. The van der Waals surface area contributed by atoms with Gasteiger partial charge < -0.3 is 0 Å². The van der Waals surface area contributed by atoms with Crippen molar-refractivity contribution < 1.29 is 0 Å². The van der Waals surface area contributed by atoms with Gasteiger partial charge in [-0.2, -0.15) is 0 Å². The summed E-state index contributed by atoms with van der Waals surface area (Å²) >= 11 is 1.46. The van der Waals surface area contributed by atoms with Gasteiger partial charge in [0.1, 0.15) is 0 Å². The van der Waals surface area contributed by atoms with E-state index in [0.29, 0.717) is 6.42 Å². The van der Waals surface area contributed by atoms with Crippen LogP contribution in [0.15, 0.2) is 40.9 Å². The molecule has 0 aromatic carbocycles. The van der Waals surface area contributed by atoms with E-state index in [-0.39, 0.29) is 5.56 Å². The van der Waals surface area contributed by atoms with Crippen molar-refractivity contribution in [3.8, 4) is 0 Å². The summed E-state index contributed by atoms with van der Waals surface area (Å²) in [6, 6.07) is 3.84. The van der Waals surface area contributed by atoms with Gasteiger partial charge in [0.15, 0.2) is 4.96 Å². The highest BCUT2D eigenvalue weighted by molar-refractivity contribution is 7.15. The molecule has 0 atom stereocenters. The normalized spacial score (nSPS) is 11.4. The number of fused-ring (bicyclic) bond motifs is 1. The molecule has 100 valence electrons. The van der Waals surface area contributed by atoms with Gasteiger partial charge in [-0.15, -0.1) is 11.3 Å². The summed E-state index contributed by atoms with van der Waals surface area (Å²) in [6.45, 7) is 1.97. The molecule has 0 saturated heterocycles. The van der Waals surface area contributed by atoms with Crippen LogP contribution in [0.3, 0.4) is 0 Å². The van der Waals surface area contributed by atoms with Gasteiger partial charge in [0.05, 0.1) is 5.69 Å². The lowest BCUT2D eigenvalue weighted by molar-refractivity contribution is 0.976. The van der Waals surface area contributed by atoms with Crippen molar-refractivity contribution >= 4 is 28.4 Å². The van der Waals surface area contributed by atoms with E-state index in [0.717, 1.165) is 21.8 Å². The van der Waals surface area contributed by atoms with Gasteiger partial charge in [0.2, 0.25) is 0 Å². The lowest BCUT2D eigenvalue weighted by Gasteiger charge is -2.03. The average Bonchev–Trinajstić information content (AvgIpc) is 2.95. The van der Waals surface area contributed by atoms with Gasteiger partial charge >= 0.3 is 0 Å². The quantitative estimate of drug-likeness (QED) is 0.742. The molecular weight excluding hydrogens is 270 g/mol. The van der Waals surface area contributed by atoms with Gasteiger partial charge in [-0.1, -0.05) is 19.1 Å². The van der Waals surface area contributed by atoms with Gasteiger partial charge in [0.25, 0.3) is 5.56 Å². The molecule has 3 heterocycles. The number of hydrogen-bond acceptors (Lipinski definition) is 4. The maximum absolute atomic E-state index is 12.3. The second kappa shape index (κ2) is 5.38. The minimum Gasteiger partial charge on any atom is -0.269 e. The highest BCUT2D eigenvalue weighted by Gasteiger charge is 2.09. The molecule has 0 N–H and O–H groups in total. The first-order valence-corrected chi connectivity index (χ1v) is 7.24. The van der Waals surface area contributed by atoms with Gasteiger partial charge in [0, 0.05) is 29.5 Å². The van der Waals surface area contributed by atoms with Gasteiger partial charge in [-0.05, 0) is 24.1 Å². The van der Waals surface area contributed by atoms with E-state index in [1.54, 1.807) is 23.0 Å². The molecule has 0 spiro atoms. The van der Waals surface area contributed by atoms with Crippen molar-refractivity contribution in [3.05, 3.63) is 63.3 Å². The number of aromatic nitrogens is 3. The molecule has 3 rings (SSSR count). The van der Waals surface area contributed by atoms with Crippen LogP contribution in [0.25, 0.3) is 17.1 Å². The molecule has 0 saturated carbocycles. The Kier molecular flexibility index (Phi) is 3.43. The van der Waals surface area contributed by atoms with Crippen LogP contribution in [0.4, 0.5) is 0 Å². The molecule has 4 nitrogen and oxygen atoms in total. The van der Waals surface area contributed by atoms with E-state index in [2.05, 4.69) is 9.97 Å². The van der Waals surface area contributed by atoms with E-state index >= 15 is 0 Å². The Hall–Kier alpha value is -2.27. The Bertz CT molecular complexity index is 818. The predicted octanol–water partition coefficient (Wildman–Crippen LogP) is 2.88. The number of nitrogens with zero attached hydrogens (tertiary/aromatic N) is 3. The van der Waals surface area contributed by atoms with Crippen LogP contribution < -0.4 is 5.56 Å². The van der Waals surface area contributed by atoms with Crippen LogP contribution in [-0.4, -0.2) is 14.4 Å². The smallest absolute Gasteiger partial charge is 0.262 e. The lowest BCUT2D eigenvalue weighted by atomic mass is 10.1. The summed E-state index contributed by atoms with van der Waals surface area (Å²) in [6.07, 6.45) is 9.76. The highest BCUT2D eigenvalue weighted by atomic mass is 32.1. The first-order chi connectivity index (χ1) is 9.79. The number of pyridine rings is 1. The predicted molar refractivity (Wildman–Crippen MR) is 81.9 cm³/mol. The summed E-state index contributed by atoms with van der Waals surface area (Å²) in [5, 5.41) is 1.87. The number of thiazole rings is 1. The minimum atomic E-state index is 0.0181.